The SMILES string of the molecule is COc1cc2c(cc1OCc1ccccc1)Nc1cc(Cl)ccc1S2. The summed E-state index contributed by atoms with van der Waals surface area (Å²) in [7, 11) is 1.66. The quantitative estimate of drug-likeness (QED) is 0.468. The molecule has 0 unspecified atom stereocenters. The number of ether oxygens (including phenoxy) is 2. The smallest absolute Gasteiger partial charge is 0.163 e. The molecule has 0 radical (unpaired) electrons. The van der Waals surface area contributed by atoms with E-state index in [4.69, 9.17) is 21.1 Å². The molecule has 0 aliphatic carbocycles. The van der Waals surface area contributed by atoms with Crippen molar-refractivity contribution in [1.82, 2.24) is 0 Å². The van der Waals surface area contributed by atoms with Gasteiger partial charge in [-0.15, -0.1) is 0 Å². The minimum Gasteiger partial charge on any atom is -0.493 e. The first-order valence-corrected chi connectivity index (χ1v) is 9.05. The van der Waals surface area contributed by atoms with E-state index in [9.17, 15) is 0 Å². The Kier molecular flexibility index (Phi) is 4.47. The predicted octanol–water partition coefficient (Wildman–Crippen LogP) is 6.14. The van der Waals surface area contributed by atoms with E-state index in [0.29, 0.717) is 17.4 Å². The zero-order valence-corrected chi connectivity index (χ0v) is 15.2. The number of halogens is 1. The summed E-state index contributed by atoms with van der Waals surface area (Å²) in [5, 5.41) is 4.14. The molecular weight excluding hydrogens is 354 g/mol. The van der Waals surface area contributed by atoms with Crippen LogP contribution in [0.5, 0.6) is 11.5 Å². The summed E-state index contributed by atoms with van der Waals surface area (Å²) in [4.78, 5) is 2.23. The van der Waals surface area contributed by atoms with Crippen LogP contribution in [0.1, 0.15) is 5.56 Å². The molecule has 4 rings (SSSR count). The van der Waals surface area contributed by atoms with Crippen LogP contribution in [0.15, 0.2) is 70.5 Å². The fraction of sp³-hybridized carbons (Fsp3) is 0.100. The highest BCUT2D eigenvalue weighted by Crippen LogP contribution is 2.48. The van der Waals surface area contributed by atoms with E-state index in [2.05, 4.69) is 5.32 Å². The van der Waals surface area contributed by atoms with Crippen molar-refractivity contribution < 1.29 is 9.47 Å². The van der Waals surface area contributed by atoms with Crippen LogP contribution in [-0.4, -0.2) is 7.11 Å². The van der Waals surface area contributed by atoms with Gasteiger partial charge >= 0.3 is 0 Å². The summed E-state index contributed by atoms with van der Waals surface area (Å²) in [6.45, 7) is 0.492. The van der Waals surface area contributed by atoms with Crippen LogP contribution in [0.2, 0.25) is 5.02 Å². The van der Waals surface area contributed by atoms with E-state index in [0.717, 1.165) is 32.5 Å². The van der Waals surface area contributed by atoms with Crippen molar-refractivity contribution >= 4 is 34.7 Å². The van der Waals surface area contributed by atoms with Gasteiger partial charge in [-0.25, -0.2) is 0 Å². The third kappa shape index (κ3) is 3.41. The second-order valence-corrected chi connectivity index (χ2v) is 7.16. The van der Waals surface area contributed by atoms with E-state index >= 15 is 0 Å². The largest absolute Gasteiger partial charge is 0.493 e. The van der Waals surface area contributed by atoms with Gasteiger partial charge in [0.15, 0.2) is 11.5 Å². The maximum absolute atomic E-state index is 6.11. The number of fused-ring (bicyclic) bond motifs is 2. The third-order valence-corrected chi connectivity index (χ3v) is 5.30. The zero-order chi connectivity index (χ0) is 17.2. The Morgan fingerprint density at radius 1 is 0.920 bits per heavy atom. The number of hydrogen-bond donors (Lipinski definition) is 1. The van der Waals surface area contributed by atoms with Gasteiger partial charge in [-0.2, -0.15) is 0 Å². The van der Waals surface area contributed by atoms with Crippen molar-refractivity contribution in [3.63, 3.8) is 0 Å². The highest BCUT2D eigenvalue weighted by Gasteiger charge is 2.19. The molecule has 0 bridgehead atoms. The third-order valence-electron chi connectivity index (χ3n) is 3.93. The van der Waals surface area contributed by atoms with Crippen LogP contribution in [0.25, 0.3) is 0 Å². The Balaban J connectivity index is 1.62. The number of rotatable bonds is 4. The Morgan fingerprint density at radius 2 is 1.72 bits per heavy atom. The molecule has 0 aromatic heterocycles. The molecule has 1 N–H and O–H groups in total. The van der Waals surface area contributed by atoms with E-state index in [1.165, 1.54) is 0 Å². The topological polar surface area (TPSA) is 30.5 Å². The molecule has 5 heteroatoms. The van der Waals surface area contributed by atoms with Crippen molar-refractivity contribution in [1.29, 1.82) is 0 Å². The van der Waals surface area contributed by atoms with Crippen LogP contribution < -0.4 is 14.8 Å². The van der Waals surface area contributed by atoms with E-state index in [1.807, 2.05) is 60.7 Å². The van der Waals surface area contributed by atoms with Crippen LogP contribution in [0.3, 0.4) is 0 Å². The van der Waals surface area contributed by atoms with Gasteiger partial charge in [-0.05, 0) is 23.8 Å². The van der Waals surface area contributed by atoms with Gasteiger partial charge in [0.1, 0.15) is 6.61 Å². The molecule has 0 atom stereocenters. The highest BCUT2D eigenvalue weighted by atomic mass is 35.5. The molecule has 1 heterocycles. The monoisotopic (exact) mass is 369 g/mol. The average Bonchev–Trinajstić information content (AvgIpc) is 2.65. The minimum atomic E-state index is 0.492. The lowest BCUT2D eigenvalue weighted by molar-refractivity contribution is 0.284. The van der Waals surface area contributed by atoms with Crippen LogP contribution in [0.4, 0.5) is 11.4 Å². The molecule has 3 aromatic rings. The minimum absolute atomic E-state index is 0.492. The molecule has 0 fully saturated rings. The summed E-state index contributed by atoms with van der Waals surface area (Å²) in [6, 6.07) is 19.9. The first-order valence-electron chi connectivity index (χ1n) is 7.86. The number of nitrogens with one attached hydrogen (secondary N) is 1. The van der Waals surface area contributed by atoms with Crippen molar-refractivity contribution in [2.45, 2.75) is 16.4 Å². The normalized spacial score (nSPS) is 11.9. The Hall–Kier alpha value is -2.30. The van der Waals surface area contributed by atoms with Crippen molar-refractivity contribution in [3.05, 3.63) is 71.2 Å². The van der Waals surface area contributed by atoms with Crippen LogP contribution in [-0.2, 0) is 6.61 Å². The first kappa shape index (κ1) is 16.2. The van der Waals surface area contributed by atoms with Crippen molar-refractivity contribution in [2.75, 3.05) is 12.4 Å². The predicted molar refractivity (Wildman–Crippen MR) is 103 cm³/mol. The Morgan fingerprint density at radius 3 is 2.52 bits per heavy atom. The standard InChI is InChI=1S/C20H16ClNO2S/c1-23-17-11-20-16(22-15-9-14(21)7-8-19(15)25-20)10-18(17)24-12-13-5-3-2-4-6-13/h2-11,22H,12H2,1H3. The fourth-order valence-electron chi connectivity index (χ4n) is 2.68. The van der Waals surface area contributed by atoms with E-state index in [-0.39, 0.29) is 0 Å². The molecule has 0 saturated carbocycles. The van der Waals surface area contributed by atoms with Gasteiger partial charge in [-0.1, -0.05) is 53.7 Å². The molecule has 3 nitrogen and oxygen atoms in total. The summed E-state index contributed by atoms with van der Waals surface area (Å²) in [5.74, 6) is 1.44. The lowest BCUT2D eigenvalue weighted by Gasteiger charge is -2.23. The molecule has 1 aliphatic rings. The van der Waals surface area contributed by atoms with Crippen molar-refractivity contribution in [2.24, 2.45) is 0 Å². The van der Waals surface area contributed by atoms with Gasteiger partial charge in [0.25, 0.3) is 0 Å². The molecule has 1 aliphatic heterocycles. The second-order valence-electron chi connectivity index (χ2n) is 5.64. The fourth-order valence-corrected chi connectivity index (χ4v) is 3.83. The van der Waals surface area contributed by atoms with Crippen molar-refractivity contribution in [3.8, 4) is 11.5 Å². The summed E-state index contributed by atoms with van der Waals surface area (Å²) in [5.41, 5.74) is 3.11. The molecule has 3 aromatic carbocycles. The van der Waals surface area contributed by atoms with Gasteiger partial charge in [0.05, 0.1) is 18.5 Å². The molecule has 0 saturated heterocycles. The summed E-state index contributed by atoms with van der Waals surface area (Å²) < 4.78 is 11.5. The van der Waals surface area contributed by atoms with E-state index < -0.39 is 0 Å². The number of hydrogen-bond acceptors (Lipinski definition) is 4. The first-order chi connectivity index (χ1) is 12.2. The zero-order valence-electron chi connectivity index (χ0n) is 13.6. The van der Waals surface area contributed by atoms with Gasteiger partial charge in [-0.3, -0.25) is 0 Å². The molecule has 25 heavy (non-hydrogen) atoms. The Bertz CT molecular complexity index is 915. The number of anilines is 2. The van der Waals surface area contributed by atoms with Crippen LogP contribution >= 0.6 is 23.4 Å². The lowest BCUT2D eigenvalue weighted by atomic mass is 10.2. The van der Waals surface area contributed by atoms with Gasteiger partial charge in [0.2, 0.25) is 0 Å². The lowest BCUT2D eigenvalue weighted by Crippen LogP contribution is -2.03. The summed E-state index contributed by atoms with van der Waals surface area (Å²) in [6.07, 6.45) is 0. The summed E-state index contributed by atoms with van der Waals surface area (Å²) >= 11 is 7.79. The number of benzene rings is 3. The van der Waals surface area contributed by atoms with Gasteiger partial charge in [0, 0.05) is 26.9 Å². The molecular formula is C20H16ClNO2S. The average molecular weight is 370 g/mol. The maximum atomic E-state index is 6.11. The highest BCUT2D eigenvalue weighted by molar-refractivity contribution is 7.99. The Labute approximate surface area is 155 Å². The van der Waals surface area contributed by atoms with Crippen LogP contribution in [0, 0.1) is 0 Å². The molecule has 0 spiro atoms. The molecule has 126 valence electrons. The molecule has 0 amide bonds. The van der Waals surface area contributed by atoms with E-state index in [1.54, 1.807) is 18.9 Å². The maximum Gasteiger partial charge on any atom is 0.163 e. The van der Waals surface area contributed by atoms with Gasteiger partial charge < -0.3 is 14.8 Å². The number of methoxy groups -OCH3 is 1. The second kappa shape index (κ2) is 6.90.